The minimum Gasteiger partial charge on any atom is -0.310 e. The summed E-state index contributed by atoms with van der Waals surface area (Å²) in [6.07, 6.45) is 1.58. The van der Waals surface area contributed by atoms with E-state index in [2.05, 4.69) is 20.8 Å². The molecule has 0 aliphatic rings. The summed E-state index contributed by atoms with van der Waals surface area (Å²) in [6, 6.07) is 10.2. The molecular weight excluding hydrogens is 299 g/mol. The van der Waals surface area contributed by atoms with Crippen molar-refractivity contribution >= 4 is 23.3 Å². The molecule has 2 aromatic rings. The predicted octanol–water partition coefficient (Wildman–Crippen LogP) is 2.36. The van der Waals surface area contributed by atoms with E-state index in [1.165, 1.54) is 24.3 Å². The topological polar surface area (TPSA) is 83.4 Å². The van der Waals surface area contributed by atoms with Gasteiger partial charge in [-0.3, -0.25) is 9.59 Å². The van der Waals surface area contributed by atoms with E-state index in [1.54, 1.807) is 31.3 Å². The lowest BCUT2D eigenvalue weighted by Gasteiger charge is -2.04. The molecule has 0 saturated carbocycles. The van der Waals surface area contributed by atoms with Gasteiger partial charge in [0.1, 0.15) is 11.6 Å². The Balaban J connectivity index is 1.86. The molecule has 2 amide bonds. The highest BCUT2D eigenvalue weighted by Crippen LogP contribution is 2.03. The van der Waals surface area contributed by atoms with Crippen molar-refractivity contribution < 1.29 is 14.0 Å². The number of hydrazone groups is 1. The number of carbonyl (C=O) groups is 2. The summed E-state index contributed by atoms with van der Waals surface area (Å²) in [5.41, 5.74) is 3.02. The summed E-state index contributed by atoms with van der Waals surface area (Å²) in [5.74, 6) is -0.747. The van der Waals surface area contributed by atoms with Gasteiger partial charge in [-0.2, -0.15) is 5.10 Å². The van der Waals surface area contributed by atoms with Crippen molar-refractivity contribution in [2.24, 2.45) is 5.10 Å². The van der Waals surface area contributed by atoms with E-state index < -0.39 is 11.7 Å². The van der Waals surface area contributed by atoms with Crippen molar-refractivity contribution in [1.82, 2.24) is 10.4 Å². The van der Waals surface area contributed by atoms with E-state index >= 15 is 0 Å². The van der Waals surface area contributed by atoms with E-state index in [1.807, 2.05) is 0 Å². The van der Waals surface area contributed by atoms with Crippen LogP contribution in [-0.2, 0) is 4.79 Å². The Morgan fingerprint density at radius 2 is 1.91 bits per heavy atom. The standard InChI is InChI=1S/C16H15FN4O2/c1-11(10-15(22)19-14-4-2-3-9-18-14)20-21-16(23)12-5-7-13(17)8-6-12/h2-9H,10H2,1H3,(H,21,23)(H,18,19,22)/b20-11+. The number of amides is 2. The fourth-order valence-corrected chi connectivity index (χ4v) is 1.71. The number of halogens is 1. The van der Waals surface area contributed by atoms with Crippen LogP contribution in [0.1, 0.15) is 23.7 Å². The lowest BCUT2D eigenvalue weighted by molar-refractivity contribution is -0.115. The first-order chi connectivity index (χ1) is 11.0. The Labute approximate surface area is 132 Å². The van der Waals surface area contributed by atoms with Gasteiger partial charge in [0.05, 0.1) is 6.42 Å². The maximum Gasteiger partial charge on any atom is 0.271 e. The zero-order chi connectivity index (χ0) is 16.7. The van der Waals surface area contributed by atoms with E-state index in [-0.39, 0.29) is 17.9 Å². The largest absolute Gasteiger partial charge is 0.310 e. The number of benzene rings is 1. The second kappa shape index (κ2) is 7.79. The van der Waals surface area contributed by atoms with E-state index in [0.29, 0.717) is 11.5 Å². The Bertz CT molecular complexity index is 715. The molecule has 0 fully saturated rings. The number of aromatic nitrogens is 1. The van der Waals surface area contributed by atoms with Gasteiger partial charge in [-0.05, 0) is 43.3 Å². The van der Waals surface area contributed by atoms with Crippen molar-refractivity contribution in [3.8, 4) is 0 Å². The molecule has 1 heterocycles. The summed E-state index contributed by atoms with van der Waals surface area (Å²) in [6.45, 7) is 1.61. The average molecular weight is 314 g/mol. The van der Waals surface area contributed by atoms with Crippen LogP contribution in [0.4, 0.5) is 10.2 Å². The molecule has 0 aliphatic heterocycles. The Morgan fingerprint density at radius 3 is 2.57 bits per heavy atom. The zero-order valence-corrected chi connectivity index (χ0v) is 12.4. The zero-order valence-electron chi connectivity index (χ0n) is 12.4. The quantitative estimate of drug-likeness (QED) is 0.656. The first-order valence-electron chi connectivity index (χ1n) is 6.84. The van der Waals surface area contributed by atoms with Gasteiger partial charge in [-0.1, -0.05) is 6.07 Å². The first kappa shape index (κ1) is 16.3. The summed E-state index contributed by atoms with van der Waals surface area (Å²) < 4.78 is 12.8. The second-order valence-corrected chi connectivity index (χ2v) is 4.73. The van der Waals surface area contributed by atoms with Crippen LogP contribution >= 0.6 is 0 Å². The number of anilines is 1. The van der Waals surface area contributed by atoms with E-state index in [0.717, 1.165) is 0 Å². The summed E-state index contributed by atoms with van der Waals surface area (Å²) in [5, 5.41) is 6.46. The number of nitrogens with one attached hydrogen (secondary N) is 2. The summed E-state index contributed by atoms with van der Waals surface area (Å²) >= 11 is 0. The molecule has 0 saturated heterocycles. The van der Waals surface area contributed by atoms with Crippen LogP contribution < -0.4 is 10.7 Å². The van der Waals surface area contributed by atoms with Crippen LogP contribution in [0.2, 0.25) is 0 Å². The molecule has 0 spiro atoms. The van der Waals surface area contributed by atoms with Crippen molar-refractivity contribution in [1.29, 1.82) is 0 Å². The highest BCUT2D eigenvalue weighted by Gasteiger charge is 2.07. The molecule has 0 unspecified atom stereocenters. The molecule has 118 valence electrons. The molecule has 23 heavy (non-hydrogen) atoms. The molecule has 0 bridgehead atoms. The maximum absolute atomic E-state index is 12.8. The van der Waals surface area contributed by atoms with Gasteiger partial charge in [-0.25, -0.2) is 14.8 Å². The van der Waals surface area contributed by atoms with Gasteiger partial charge < -0.3 is 5.32 Å². The third kappa shape index (κ3) is 5.31. The van der Waals surface area contributed by atoms with Gasteiger partial charge in [0, 0.05) is 17.5 Å². The average Bonchev–Trinajstić information content (AvgIpc) is 2.54. The fraction of sp³-hybridized carbons (Fsp3) is 0.125. The van der Waals surface area contributed by atoms with E-state index in [9.17, 15) is 14.0 Å². The Hall–Kier alpha value is -3.09. The first-order valence-corrected chi connectivity index (χ1v) is 6.84. The summed E-state index contributed by atoms with van der Waals surface area (Å²) in [4.78, 5) is 27.5. The predicted molar refractivity (Wildman–Crippen MR) is 84.5 cm³/mol. The number of hydrogen-bond donors (Lipinski definition) is 2. The number of carbonyl (C=O) groups excluding carboxylic acids is 2. The third-order valence-corrected chi connectivity index (χ3v) is 2.80. The number of pyridine rings is 1. The van der Waals surface area contributed by atoms with Gasteiger partial charge in [0.25, 0.3) is 5.91 Å². The van der Waals surface area contributed by atoms with Crippen molar-refractivity contribution in [2.75, 3.05) is 5.32 Å². The Morgan fingerprint density at radius 1 is 1.17 bits per heavy atom. The SMILES string of the molecule is C/C(CC(=O)Nc1ccccn1)=N\NC(=O)c1ccc(F)cc1. The van der Waals surface area contributed by atoms with Crippen LogP contribution in [0.15, 0.2) is 53.8 Å². The van der Waals surface area contributed by atoms with Crippen molar-refractivity contribution in [2.45, 2.75) is 13.3 Å². The Kier molecular flexibility index (Phi) is 5.51. The van der Waals surface area contributed by atoms with Crippen LogP contribution in [0.3, 0.4) is 0 Å². The normalized spacial score (nSPS) is 11.0. The van der Waals surface area contributed by atoms with Gasteiger partial charge in [-0.15, -0.1) is 0 Å². The van der Waals surface area contributed by atoms with Crippen LogP contribution in [0.25, 0.3) is 0 Å². The minimum atomic E-state index is -0.477. The van der Waals surface area contributed by atoms with Crippen molar-refractivity contribution in [3.63, 3.8) is 0 Å². The van der Waals surface area contributed by atoms with E-state index in [4.69, 9.17) is 0 Å². The molecule has 0 aliphatic carbocycles. The smallest absolute Gasteiger partial charge is 0.271 e. The van der Waals surface area contributed by atoms with Crippen LogP contribution in [0, 0.1) is 5.82 Å². The summed E-state index contributed by atoms with van der Waals surface area (Å²) in [7, 11) is 0. The molecule has 6 nitrogen and oxygen atoms in total. The lowest BCUT2D eigenvalue weighted by Crippen LogP contribution is -2.21. The van der Waals surface area contributed by atoms with Crippen LogP contribution in [-0.4, -0.2) is 22.5 Å². The molecule has 1 aromatic heterocycles. The molecule has 2 N–H and O–H groups in total. The molecule has 0 radical (unpaired) electrons. The number of rotatable bonds is 5. The van der Waals surface area contributed by atoms with Gasteiger partial charge in [0.2, 0.25) is 5.91 Å². The molecule has 7 heteroatoms. The minimum absolute atomic E-state index is 0.0142. The number of nitrogens with zero attached hydrogens (tertiary/aromatic N) is 2. The third-order valence-electron chi connectivity index (χ3n) is 2.80. The van der Waals surface area contributed by atoms with Gasteiger partial charge >= 0.3 is 0 Å². The highest BCUT2D eigenvalue weighted by molar-refractivity contribution is 6.05. The second-order valence-electron chi connectivity index (χ2n) is 4.73. The molecule has 2 rings (SSSR count). The molecule has 1 aromatic carbocycles. The maximum atomic E-state index is 12.8. The monoisotopic (exact) mass is 314 g/mol. The van der Waals surface area contributed by atoms with Gasteiger partial charge in [0.15, 0.2) is 0 Å². The lowest BCUT2D eigenvalue weighted by atomic mass is 10.2. The van der Waals surface area contributed by atoms with Crippen LogP contribution in [0.5, 0.6) is 0 Å². The molecule has 0 atom stereocenters. The number of hydrogen-bond acceptors (Lipinski definition) is 4. The highest BCUT2D eigenvalue weighted by atomic mass is 19.1. The fourth-order valence-electron chi connectivity index (χ4n) is 1.71. The van der Waals surface area contributed by atoms with Crippen molar-refractivity contribution in [3.05, 3.63) is 60.0 Å². The molecular formula is C16H15FN4O2.